The molecule has 28 heavy (non-hydrogen) atoms. The van der Waals surface area contributed by atoms with Gasteiger partial charge in [-0.15, -0.1) is 0 Å². The molecule has 1 unspecified atom stereocenters. The Morgan fingerprint density at radius 1 is 1.14 bits per heavy atom. The summed E-state index contributed by atoms with van der Waals surface area (Å²) in [7, 11) is -3.81. The van der Waals surface area contributed by atoms with Crippen LogP contribution in [0.25, 0.3) is 0 Å². The van der Waals surface area contributed by atoms with Gasteiger partial charge in [-0.1, -0.05) is 30.1 Å². The Balaban J connectivity index is 2.35. The Labute approximate surface area is 175 Å². The number of carbonyl (C=O) groups excluding carboxylic acids is 1. The van der Waals surface area contributed by atoms with Crippen molar-refractivity contribution in [2.45, 2.75) is 26.3 Å². The molecule has 0 saturated carbocycles. The third kappa shape index (κ3) is 5.53. The van der Waals surface area contributed by atoms with E-state index in [1.54, 1.807) is 37.3 Å². The van der Waals surface area contributed by atoms with E-state index < -0.39 is 22.0 Å². The van der Waals surface area contributed by atoms with Crippen LogP contribution in [0.5, 0.6) is 5.75 Å². The lowest BCUT2D eigenvalue weighted by Crippen LogP contribution is -2.47. The summed E-state index contributed by atoms with van der Waals surface area (Å²) in [5.74, 6) is 0.198. The van der Waals surface area contributed by atoms with E-state index in [-0.39, 0.29) is 17.1 Å². The summed E-state index contributed by atoms with van der Waals surface area (Å²) in [5, 5.41) is 3.24. The second-order valence-electron chi connectivity index (χ2n) is 6.03. The number of benzene rings is 2. The molecule has 0 saturated heterocycles. The zero-order chi connectivity index (χ0) is 20.9. The van der Waals surface area contributed by atoms with Crippen LogP contribution < -0.4 is 14.4 Å². The number of ether oxygens (including phenoxy) is 1. The second kappa shape index (κ2) is 9.49. The van der Waals surface area contributed by atoms with Gasteiger partial charge in [-0.2, -0.15) is 0 Å². The maximum atomic E-state index is 12.9. The van der Waals surface area contributed by atoms with E-state index in [0.717, 1.165) is 10.6 Å². The highest BCUT2D eigenvalue weighted by atomic mass is 35.5. The van der Waals surface area contributed by atoms with E-state index in [4.69, 9.17) is 27.9 Å². The van der Waals surface area contributed by atoms with Gasteiger partial charge in [0.05, 0.1) is 23.6 Å². The molecule has 0 aliphatic heterocycles. The SMILES string of the molecule is CCOc1ccc(NC(=O)C(CC)N(c2cc(Cl)ccc2Cl)S(C)(=O)=O)cc1. The number of sulfonamides is 1. The summed E-state index contributed by atoms with van der Waals surface area (Å²) in [4.78, 5) is 12.9. The molecule has 6 nitrogen and oxygen atoms in total. The van der Waals surface area contributed by atoms with Gasteiger partial charge < -0.3 is 10.1 Å². The predicted molar refractivity (Wildman–Crippen MR) is 114 cm³/mol. The number of halogens is 2. The first-order valence-electron chi connectivity index (χ1n) is 8.65. The van der Waals surface area contributed by atoms with Crippen molar-refractivity contribution in [1.29, 1.82) is 0 Å². The fraction of sp³-hybridized carbons (Fsp3) is 0.316. The first-order valence-corrected chi connectivity index (χ1v) is 11.3. The van der Waals surface area contributed by atoms with E-state index in [1.165, 1.54) is 12.1 Å². The average Bonchev–Trinajstić information content (AvgIpc) is 2.62. The van der Waals surface area contributed by atoms with Crippen LogP contribution in [-0.2, 0) is 14.8 Å². The van der Waals surface area contributed by atoms with Crippen LogP contribution in [0.15, 0.2) is 42.5 Å². The maximum absolute atomic E-state index is 12.9. The van der Waals surface area contributed by atoms with Gasteiger partial charge in [0, 0.05) is 10.7 Å². The van der Waals surface area contributed by atoms with E-state index in [2.05, 4.69) is 5.32 Å². The van der Waals surface area contributed by atoms with Crippen molar-refractivity contribution < 1.29 is 17.9 Å². The number of anilines is 2. The summed E-state index contributed by atoms with van der Waals surface area (Å²) in [6.07, 6.45) is 1.26. The molecule has 0 spiro atoms. The average molecular weight is 445 g/mol. The van der Waals surface area contributed by atoms with Crippen LogP contribution in [0.3, 0.4) is 0 Å². The number of amides is 1. The molecule has 2 rings (SSSR count). The molecule has 1 N–H and O–H groups in total. The molecule has 152 valence electrons. The fourth-order valence-electron chi connectivity index (χ4n) is 2.72. The van der Waals surface area contributed by atoms with Crippen LogP contribution in [0.4, 0.5) is 11.4 Å². The Kier molecular flexibility index (Phi) is 7.57. The lowest BCUT2D eigenvalue weighted by Gasteiger charge is -2.30. The van der Waals surface area contributed by atoms with Crippen molar-refractivity contribution in [3.05, 3.63) is 52.5 Å². The van der Waals surface area contributed by atoms with Gasteiger partial charge in [-0.05, 0) is 55.8 Å². The molecule has 0 radical (unpaired) electrons. The van der Waals surface area contributed by atoms with E-state index >= 15 is 0 Å². The molecular formula is C19H22Cl2N2O4S. The zero-order valence-electron chi connectivity index (χ0n) is 15.8. The van der Waals surface area contributed by atoms with Crippen LogP contribution in [0.1, 0.15) is 20.3 Å². The minimum Gasteiger partial charge on any atom is -0.494 e. The molecule has 1 atom stereocenters. The van der Waals surface area contributed by atoms with E-state index in [9.17, 15) is 13.2 Å². The van der Waals surface area contributed by atoms with Gasteiger partial charge in [0.15, 0.2) is 0 Å². The highest BCUT2D eigenvalue weighted by molar-refractivity contribution is 7.92. The van der Waals surface area contributed by atoms with Crippen molar-refractivity contribution in [2.75, 3.05) is 22.5 Å². The van der Waals surface area contributed by atoms with Crippen LogP contribution in [0, 0.1) is 0 Å². The van der Waals surface area contributed by atoms with Gasteiger partial charge in [0.25, 0.3) is 0 Å². The van der Waals surface area contributed by atoms with Crippen LogP contribution >= 0.6 is 23.2 Å². The first-order chi connectivity index (χ1) is 13.2. The highest BCUT2D eigenvalue weighted by Gasteiger charge is 2.33. The summed E-state index contributed by atoms with van der Waals surface area (Å²) >= 11 is 12.2. The molecule has 0 fully saturated rings. The topological polar surface area (TPSA) is 75.7 Å². The quantitative estimate of drug-likeness (QED) is 0.646. The molecule has 0 bridgehead atoms. The van der Waals surface area contributed by atoms with E-state index in [0.29, 0.717) is 23.1 Å². The smallest absolute Gasteiger partial charge is 0.248 e. The molecule has 0 aromatic heterocycles. The molecule has 2 aromatic rings. The predicted octanol–water partition coefficient (Wildman–Crippen LogP) is 4.58. The van der Waals surface area contributed by atoms with Crippen molar-refractivity contribution in [2.24, 2.45) is 0 Å². The van der Waals surface area contributed by atoms with Gasteiger partial charge in [0.1, 0.15) is 11.8 Å². The van der Waals surface area contributed by atoms with Crippen molar-refractivity contribution >= 4 is 50.5 Å². The molecule has 0 aliphatic rings. The van der Waals surface area contributed by atoms with Crippen molar-refractivity contribution in [3.8, 4) is 5.75 Å². The second-order valence-corrected chi connectivity index (χ2v) is 8.73. The Bertz CT molecular complexity index is 933. The largest absolute Gasteiger partial charge is 0.494 e. The summed E-state index contributed by atoms with van der Waals surface area (Å²) in [6, 6.07) is 10.3. The molecule has 0 aliphatic carbocycles. The number of hydrogen-bond donors (Lipinski definition) is 1. The molecule has 2 aromatic carbocycles. The standard InChI is InChI=1S/C19H22Cl2N2O4S/c1-4-17(19(24)22-14-7-9-15(10-8-14)27-5-2)23(28(3,25)26)18-12-13(20)6-11-16(18)21/h6-12,17H,4-5H2,1-3H3,(H,22,24). The fourth-order valence-corrected chi connectivity index (χ4v) is 4.36. The van der Waals surface area contributed by atoms with Crippen LogP contribution in [-0.4, -0.2) is 33.2 Å². The Morgan fingerprint density at radius 3 is 2.32 bits per heavy atom. The van der Waals surface area contributed by atoms with E-state index in [1.807, 2.05) is 6.92 Å². The van der Waals surface area contributed by atoms with Gasteiger partial charge >= 0.3 is 0 Å². The third-order valence-electron chi connectivity index (χ3n) is 3.91. The molecule has 9 heteroatoms. The Morgan fingerprint density at radius 2 is 1.79 bits per heavy atom. The van der Waals surface area contributed by atoms with Gasteiger partial charge in [0.2, 0.25) is 15.9 Å². The molecular weight excluding hydrogens is 423 g/mol. The third-order valence-corrected chi connectivity index (χ3v) is 5.63. The minimum atomic E-state index is -3.81. The number of nitrogens with zero attached hydrogens (tertiary/aromatic N) is 1. The highest BCUT2D eigenvalue weighted by Crippen LogP contribution is 2.33. The molecule has 0 heterocycles. The van der Waals surface area contributed by atoms with Crippen LogP contribution in [0.2, 0.25) is 10.0 Å². The number of hydrogen-bond acceptors (Lipinski definition) is 4. The Hall–Kier alpha value is -1.96. The minimum absolute atomic E-state index is 0.158. The summed E-state index contributed by atoms with van der Waals surface area (Å²) in [6.45, 7) is 4.13. The summed E-state index contributed by atoms with van der Waals surface area (Å²) < 4.78 is 31.4. The normalized spacial score (nSPS) is 12.3. The van der Waals surface area contributed by atoms with Crippen molar-refractivity contribution in [3.63, 3.8) is 0 Å². The zero-order valence-corrected chi connectivity index (χ0v) is 18.1. The maximum Gasteiger partial charge on any atom is 0.248 e. The molecule has 1 amide bonds. The number of nitrogens with one attached hydrogen (secondary N) is 1. The van der Waals surface area contributed by atoms with Gasteiger partial charge in [-0.3, -0.25) is 9.10 Å². The monoisotopic (exact) mass is 444 g/mol. The number of rotatable bonds is 8. The first kappa shape index (κ1) is 22.3. The van der Waals surface area contributed by atoms with Gasteiger partial charge in [-0.25, -0.2) is 8.42 Å². The number of carbonyl (C=O) groups is 1. The van der Waals surface area contributed by atoms with Crippen molar-refractivity contribution in [1.82, 2.24) is 0 Å². The summed E-state index contributed by atoms with van der Waals surface area (Å²) in [5.41, 5.74) is 0.683. The lowest BCUT2D eigenvalue weighted by atomic mass is 10.1. The lowest BCUT2D eigenvalue weighted by molar-refractivity contribution is -0.117.